The molecule has 5 aliphatic heterocycles. The van der Waals surface area contributed by atoms with Crippen molar-refractivity contribution < 1.29 is 13.7 Å². The highest BCUT2D eigenvalue weighted by Crippen LogP contribution is 2.51. The number of fused-ring (bicyclic) bond motifs is 8. The molecule has 3 heteroatoms. The fourth-order valence-electron chi connectivity index (χ4n) is 10.4. The lowest BCUT2D eigenvalue weighted by Crippen LogP contribution is -2.58. The smallest absolute Gasteiger partial charge is 0.201 e. The van der Waals surface area contributed by atoms with E-state index in [1.807, 2.05) is 0 Å². The summed E-state index contributed by atoms with van der Waals surface area (Å²) in [6.07, 6.45) is 13.4. The van der Waals surface area contributed by atoms with Gasteiger partial charge in [-0.05, 0) is 97.2 Å². The van der Waals surface area contributed by atoms with Crippen LogP contribution in [0.4, 0.5) is 0 Å². The number of aromatic nitrogens is 3. The van der Waals surface area contributed by atoms with Crippen molar-refractivity contribution >= 4 is 0 Å². The van der Waals surface area contributed by atoms with E-state index < -0.39 is 0 Å². The number of benzene rings is 4. The molecule has 0 saturated heterocycles. The second-order valence-corrected chi connectivity index (χ2v) is 15.8. The van der Waals surface area contributed by atoms with E-state index in [4.69, 9.17) is 0 Å². The second-order valence-electron chi connectivity index (χ2n) is 15.8. The summed E-state index contributed by atoms with van der Waals surface area (Å²) in [7, 11) is 2.24. The Balaban J connectivity index is 1.34. The summed E-state index contributed by atoms with van der Waals surface area (Å²) in [5.74, 6) is 0. The summed E-state index contributed by atoms with van der Waals surface area (Å²) < 4.78 is 7.63. The van der Waals surface area contributed by atoms with Gasteiger partial charge in [0.15, 0.2) is 31.2 Å². The van der Waals surface area contributed by atoms with Crippen LogP contribution >= 0.6 is 0 Å². The van der Waals surface area contributed by atoms with Gasteiger partial charge in [0.1, 0.15) is 7.05 Å². The van der Waals surface area contributed by atoms with Crippen LogP contribution in [0.15, 0.2) is 146 Å². The third-order valence-electron chi connectivity index (χ3n) is 12.6. The fourth-order valence-corrected chi connectivity index (χ4v) is 10.4. The van der Waals surface area contributed by atoms with Crippen molar-refractivity contribution in [1.29, 1.82) is 0 Å². The molecule has 250 valence electrons. The molecule has 7 aromatic rings. The maximum Gasteiger partial charge on any atom is 0.213 e. The number of rotatable bonds is 0. The summed E-state index contributed by atoms with van der Waals surface area (Å²) in [6.45, 7) is 0.793. The molecule has 0 fully saturated rings. The number of aryl methyl sites for hydroxylation is 5. The van der Waals surface area contributed by atoms with Gasteiger partial charge in [0.25, 0.3) is 0 Å². The van der Waals surface area contributed by atoms with Crippen LogP contribution in [0, 0.1) is 0 Å². The molecule has 1 aliphatic carbocycles. The van der Waals surface area contributed by atoms with Crippen molar-refractivity contribution in [2.24, 2.45) is 7.05 Å². The lowest BCUT2D eigenvalue weighted by Gasteiger charge is -2.43. The summed E-state index contributed by atoms with van der Waals surface area (Å²) in [5.41, 5.74) is 20.2. The molecule has 0 N–H and O–H groups in total. The zero-order chi connectivity index (χ0) is 34.4. The summed E-state index contributed by atoms with van der Waals surface area (Å²) in [6, 6.07) is 49.8. The average molecular weight is 673 g/mol. The van der Waals surface area contributed by atoms with Crippen molar-refractivity contribution in [3.63, 3.8) is 0 Å². The van der Waals surface area contributed by atoms with E-state index in [0.717, 1.165) is 45.1 Å². The van der Waals surface area contributed by atoms with Crippen molar-refractivity contribution in [2.45, 2.75) is 56.5 Å². The van der Waals surface area contributed by atoms with Crippen LogP contribution in [-0.2, 0) is 57.5 Å². The van der Waals surface area contributed by atoms with Crippen LogP contribution in [0.5, 0.6) is 0 Å². The molecule has 8 heterocycles. The van der Waals surface area contributed by atoms with Gasteiger partial charge in [-0.2, -0.15) is 9.13 Å². The maximum absolute atomic E-state index is 2.70. The first-order valence-electron chi connectivity index (χ1n) is 19.0. The Morgan fingerprint density at radius 1 is 0.500 bits per heavy atom. The third kappa shape index (κ3) is 4.61. The number of hydrogen-bond donors (Lipinski definition) is 0. The SMILES string of the molecule is C[n+]1cc2ccc1-c1ccccc1C[n+]1cc3ccc1-c1ccccc1C1[n+]4cc5ccc4-c4ccccc4C1(Cc1cc(cc(c1)CC5)CC3)C2. The highest BCUT2D eigenvalue weighted by atomic mass is 15.0. The first-order valence-corrected chi connectivity index (χ1v) is 19.0. The van der Waals surface area contributed by atoms with Gasteiger partial charge >= 0.3 is 0 Å². The Hall–Kier alpha value is -5.67. The maximum atomic E-state index is 2.70. The van der Waals surface area contributed by atoms with E-state index in [9.17, 15) is 0 Å². The quantitative estimate of drug-likeness (QED) is 0.145. The van der Waals surface area contributed by atoms with E-state index in [1.165, 1.54) is 83.8 Å². The van der Waals surface area contributed by atoms with Crippen LogP contribution in [0.3, 0.4) is 0 Å². The molecular weight excluding hydrogens is 631 g/mol. The van der Waals surface area contributed by atoms with Crippen LogP contribution in [0.25, 0.3) is 33.8 Å². The monoisotopic (exact) mass is 672 g/mol. The van der Waals surface area contributed by atoms with Crippen LogP contribution in [-0.4, -0.2) is 0 Å². The van der Waals surface area contributed by atoms with E-state index in [0.29, 0.717) is 0 Å². The minimum absolute atomic E-state index is 0.0510. The molecule has 52 heavy (non-hydrogen) atoms. The van der Waals surface area contributed by atoms with Gasteiger partial charge in [0, 0.05) is 46.0 Å². The largest absolute Gasteiger partial charge is 0.213 e. The lowest BCUT2D eigenvalue weighted by atomic mass is 9.61. The minimum Gasteiger partial charge on any atom is -0.201 e. The lowest BCUT2D eigenvalue weighted by molar-refractivity contribution is -0.715. The highest BCUT2D eigenvalue weighted by Gasteiger charge is 2.54. The van der Waals surface area contributed by atoms with Gasteiger partial charge in [0.2, 0.25) is 17.1 Å². The Morgan fingerprint density at radius 2 is 1.12 bits per heavy atom. The van der Waals surface area contributed by atoms with Gasteiger partial charge in [-0.15, -0.1) is 0 Å². The molecular formula is C49H42N3+3. The van der Waals surface area contributed by atoms with Crippen molar-refractivity contribution in [1.82, 2.24) is 0 Å². The predicted octanol–water partition coefficient (Wildman–Crippen LogP) is 7.97. The number of hydrogen-bond acceptors (Lipinski definition) is 0. The second kappa shape index (κ2) is 11.4. The number of pyridine rings is 3. The zero-order valence-corrected chi connectivity index (χ0v) is 29.7. The fraction of sp³-hybridized carbons (Fsp3) is 0.204. The third-order valence-corrected chi connectivity index (χ3v) is 12.6. The molecule has 0 amide bonds. The van der Waals surface area contributed by atoms with Gasteiger partial charge < -0.3 is 0 Å². The molecule has 13 rings (SSSR count). The predicted molar refractivity (Wildman–Crippen MR) is 205 cm³/mol. The Labute approximate surface area is 306 Å². The molecule has 3 nitrogen and oxygen atoms in total. The van der Waals surface area contributed by atoms with E-state index in [1.54, 1.807) is 0 Å². The molecule has 2 unspecified atom stereocenters. The van der Waals surface area contributed by atoms with E-state index in [-0.39, 0.29) is 11.5 Å². The summed E-state index contributed by atoms with van der Waals surface area (Å²) in [4.78, 5) is 0. The molecule has 4 aromatic carbocycles. The Bertz CT molecular complexity index is 2600. The standard InChI is InChI=1S/C49H42N3/c1-50-29-37-20-21-45(50)40-9-3-2-8-39(40)32-51-30-33-14-16-35-24-36-17-15-34-19-23-47-43-12-6-7-13-44(43)49(27-37,28-38(25-35)26-36)48(52(47)31-34)42-11-5-4-10-41(42)46(51)22-18-33/h2-13,18-26,29-31,48H,14-17,27-28,32H2,1H3/q+3. The summed E-state index contributed by atoms with van der Waals surface area (Å²) >= 11 is 0. The first-order chi connectivity index (χ1) is 25.6. The van der Waals surface area contributed by atoms with Gasteiger partial charge in [-0.25, -0.2) is 4.57 Å². The highest BCUT2D eigenvalue weighted by molar-refractivity contribution is 5.70. The van der Waals surface area contributed by atoms with Gasteiger partial charge in [-0.1, -0.05) is 72.8 Å². The van der Waals surface area contributed by atoms with Crippen LogP contribution < -0.4 is 13.7 Å². The van der Waals surface area contributed by atoms with Crippen LogP contribution in [0.2, 0.25) is 0 Å². The Morgan fingerprint density at radius 3 is 1.94 bits per heavy atom. The topological polar surface area (TPSA) is 11.6 Å². The molecule has 0 saturated carbocycles. The van der Waals surface area contributed by atoms with Crippen LogP contribution in [0.1, 0.15) is 56.1 Å². The molecule has 12 bridgehead atoms. The number of nitrogens with zero attached hydrogens (tertiary/aromatic N) is 3. The zero-order valence-electron chi connectivity index (χ0n) is 29.7. The Kier molecular flexibility index (Phi) is 6.59. The van der Waals surface area contributed by atoms with E-state index in [2.05, 4.69) is 167 Å². The molecule has 0 spiro atoms. The van der Waals surface area contributed by atoms with E-state index >= 15 is 0 Å². The molecule has 0 radical (unpaired) electrons. The minimum atomic E-state index is -0.283. The summed E-state index contributed by atoms with van der Waals surface area (Å²) in [5, 5.41) is 0. The molecule has 3 aromatic heterocycles. The molecule has 6 aliphatic rings. The first kappa shape index (κ1) is 30.0. The normalized spacial score (nSPS) is 19.0. The van der Waals surface area contributed by atoms with Crippen molar-refractivity contribution in [2.75, 3.05) is 0 Å². The van der Waals surface area contributed by atoms with Gasteiger partial charge in [0.05, 0.1) is 22.1 Å². The molecule has 2 atom stereocenters. The van der Waals surface area contributed by atoms with Crippen molar-refractivity contribution in [3.05, 3.63) is 196 Å². The average Bonchev–Trinajstić information content (AvgIpc) is 3.16. The van der Waals surface area contributed by atoms with Gasteiger partial charge in [-0.3, -0.25) is 0 Å². The van der Waals surface area contributed by atoms with Crippen molar-refractivity contribution in [3.8, 4) is 33.8 Å².